The number of benzene rings is 6. The predicted molar refractivity (Wildman–Crippen MR) is 205 cm³/mol. The molecule has 0 bridgehead atoms. The van der Waals surface area contributed by atoms with Gasteiger partial charge in [0.1, 0.15) is 5.65 Å². The maximum atomic E-state index is 14.0. The first kappa shape index (κ1) is 34.4. The topological polar surface area (TPSA) is 138 Å². The van der Waals surface area contributed by atoms with E-state index in [0.717, 1.165) is 54.1 Å². The Morgan fingerprint density at radius 2 is 0.963 bits per heavy atom. The largest absolute Gasteiger partial charge is 0.394 e. The number of imide groups is 1. The van der Waals surface area contributed by atoms with Gasteiger partial charge in [-0.2, -0.15) is 0 Å². The van der Waals surface area contributed by atoms with Crippen LogP contribution in [-0.4, -0.2) is 110 Å². The number of carbonyl (C=O) groups excluding carboxylic acids is 2. The summed E-state index contributed by atoms with van der Waals surface area (Å²) in [4.78, 5) is 47.9. The molecule has 12 nitrogen and oxygen atoms in total. The molecule has 0 unspecified atom stereocenters. The number of ether oxygens (including phenoxy) is 5. The molecule has 0 aliphatic carbocycles. The van der Waals surface area contributed by atoms with E-state index in [0.29, 0.717) is 87.0 Å². The van der Waals surface area contributed by atoms with Gasteiger partial charge < -0.3 is 28.8 Å². The van der Waals surface area contributed by atoms with Crippen molar-refractivity contribution in [1.29, 1.82) is 0 Å². The van der Waals surface area contributed by atoms with E-state index < -0.39 is 0 Å². The molecule has 1 N–H and O–H groups in total. The van der Waals surface area contributed by atoms with Crippen LogP contribution < -0.4 is 5.56 Å². The molecule has 274 valence electrons. The summed E-state index contributed by atoms with van der Waals surface area (Å²) in [6.45, 7) is 3.84. The van der Waals surface area contributed by atoms with Gasteiger partial charge >= 0.3 is 0 Å². The third kappa shape index (κ3) is 5.61. The predicted octanol–water partition coefficient (Wildman–Crippen LogP) is 5.16. The summed E-state index contributed by atoms with van der Waals surface area (Å²) in [5.74, 6) is -0.703. The van der Waals surface area contributed by atoms with Crippen LogP contribution in [0.25, 0.3) is 70.5 Å². The highest BCUT2D eigenvalue weighted by atomic mass is 16.6. The molecular formula is C42H37N3O9. The van der Waals surface area contributed by atoms with Crippen molar-refractivity contribution in [3.05, 3.63) is 94.3 Å². The number of fused-ring (bicyclic) bond motifs is 6. The number of nitrogens with zero attached hydrogens (tertiary/aromatic N) is 3. The van der Waals surface area contributed by atoms with Gasteiger partial charge in [0.25, 0.3) is 17.4 Å². The lowest BCUT2D eigenvalue weighted by molar-refractivity contribution is -0.0139. The Morgan fingerprint density at radius 3 is 1.56 bits per heavy atom. The Bertz CT molecular complexity index is 2690. The lowest BCUT2D eigenvalue weighted by Gasteiger charge is -2.28. The van der Waals surface area contributed by atoms with E-state index in [2.05, 4.69) is 6.07 Å². The Kier molecular flexibility index (Phi) is 9.23. The summed E-state index contributed by atoms with van der Waals surface area (Å²) < 4.78 is 29.0. The van der Waals surface area contributed by atoms with Crippen LogP contribution in [0.5, 0.6) is 0 Å². The fourth-order valence-corrected chi connectivity index (χ4v) is 7.93. The summed E-state index contributed by atoms with van der Waals surface area (Å²) in [6, 6.07) is 23.2. The zero-order valence-electron chi connectivity index (χ0n) is 29.5. The van der Waals surface area contributed by atoms with E-state index in [-0.39, 0.29) is 37.1 Å². The molecule has 1 aliphatic heterocycles. The zero-order valence-corrected chi connectivity index (χ0v) is 29.5. The van der Waals surface area contributed by atoms with E-state index in [1.165, 1.54) is 4.90 Å². The molecule has 0 atom stereocenters. The third-order valence-corrected chi connectivity index (χ3v) is 10.3. The fraction of sp³-hybridized carbons (Fsp3) is 0.286. The average molecular weight is 728 g/mol. The first-order valence-electron chi connectivity index (χ1n) is 18.2. The highest BCUT2D eigenvalue weighted by Gasteiger charge is 2.34. The summed E-state index contributed by atoms with van der Waals surface area (Å²) in [7, 11) is 0. The van der Waals surface area contributed by atoms with Crippen molar-refractivity contribution in [2.75, 3.05) is 79.2 Å². The lowest BCUT2D eigenvalue weighted by Crippen LogP contribution is -2.42. The van der Waals surface area contributed by atoms with Gasteiger partial charge in [-0.15, -0.1) is 0 Å². The van der Waals surface area contributed by atoms with Gasteiger partial charge in [0.05, 0.1) is 90.3 Å². The van der Waals surface area contributed by atoms with Gasteiger partial charge in [0, 0.05) is 32.7 Å². The van der Waals surface area contributed by atoms with Crippen LogP contribution in [0.3, 0.4) is 0 Å². The van der Waals surface area contributed by atoms with Crippen LogP contribution in [0.1, 0.15) is 20.7 Å². The van der Waals surface area contributed by atoms with Crippen molar-refractivity contribution in [3.63, 3.8) is 0 Å². The number of aliphatic hydroxyl groups is 1. The quantitative estimate of drug-likeness (QED) is 0.0580. The second-order valence-electron chi connectivity index (χ2n) is 13.3. The first-order chi connectivity index (χ1) is 26.6. The van der Waals surface area contributed by atoms with Gasteiger partial charge in [0.2, 0.25) is 0 Å². The molecule has 0 saturated carbocycles. The maximum Gasteiger partial charge on any atom is 0.264 e. The van der Waals surface area contributed by atoms with Crippen molar-refractivity contribution < 1.29 is 38.4 Å². The Labute approximate surface area is 308 Å². The Hall–Kier alpha value is -5.34. The fourth-order valence-electron chi connectivity index (χ4n) is 7.93. The number of amides is 2. The molecule has 3 heterocycles. The molecule has 1 aliphatic rings. The van der Waals surface area contributed by atoms with Gasteiger partial charge in [-0.05, 0) is 68.7 Å². The molecule has 54 heavy (non-hydrogen) atoms. The van der Waals surface area contributed by atoms with Crippen molar-refractivity contribution in [2.45, 2.75) is 0 Å². The van der Waals surface area contributed by atoms with Gasteiger partial charge in [-0.3, -0.25) is 23.7 Å². The van der Waals surface area contributed by atoms with Crippen LogP contribution in [0.2, 0.25) is 0 Å². The summed E-state index contributed by atoms with van der Waals surface area (Å²) >= 11 is 0. The van der Waals surface area contributed by atoms with Gasteiger partial charge in [-0.1, -0.05) is 36.4 Å². The molecule has 0 fully saturated rings. The number of carbonyl (C=O) groups is 2. The van der Waals surface area contributed by atoms with Crippen molar-refractivity contribution in [3.8, 4) is 0 Å². The molecule has 0 radical (unpaired) electrons. The monoisotopic (exact) mass is 727 g/mol. The van der Waals surface area contributed by atoms with E-state index >= 15 is 0 Å². The smallest absolute Gasteiger partial charge is 0.264 e. The third-order valence-electron chi connectivity index (χ3n) is 10.3. The maximum absolute atomic E-state index is 14.0. The van der Waals surface area contributed by atoms with Gasteiger partial charge in [-0.25, -0.2) is 4.98 Å². The SMILES string of the molecule is O=C1c2ccc3c4ccc5c(=O)n6c7ccccc7nc6c6ccc(c7ccc(c2c37)C(=O)N1CCOCCOCCOCCOCCOCCO)c4c56. The van der Waals surface area contributed by atoms with Crippen LogP contribution in [-0.2, 0) is 23.7 Å². The van der Waals surface area contributed by atoms with E-state index in [4.69, 9.17) is 33.8 Å². The second-order valence-corrected chi connectivity index (χ2v) is 13.3. The molecule has 12 heteroatoms. The first-order valence-corrected chi connectivity index (χ1v) is 18.2. The van der Waals surface area contributed by atoms with Crippen molar-refractivity contribution >= 4 is 82.4 Å². The van der Waals surface area contributed by atoms with E-state index in [1.54, 1.807) is 4.40 Å². The molecule has 0 spiro atoms. The minimum atomic E-state index is -0.351. The van der Waals surface area contributed by atoms with Crippen LogP contribution in [0, 0.1) is 0 Å². The molecule has 8 aromatic rings. The Morgan fingerprint density at radius 1 is 0.500 bits per heavy atom. The highest BCUT2D eigenvalue weighted by Crippen LogP contribution is 2.46. The molecule has 9 rings (SSSR count). The number of imidazole rings is 1. The number of hydrogen-bond acceptors (Lipinski definition) is 10. The molecular weight excluding hydrogens is 690 g/mol. The molecule has 2 aromatic heterocycles. The standard InChI is InChI=1S/C42H37N3O9/c46-14-16-51-18-20-53-22-24-54-23-21-52-19-17-50-15-13-44-40(47)30-10-6-27-25-5-9-29-37-32(42(49)45-34-4-2-1-3-33(34)43-39(29)45)12-8-26(35(25)37)28-7-11-31(41(44)48)38(30)36(27)28/h1-12,46H,13-24H2. The van der Waals surface area contributed by atoms with Crippen LogP contribution in [0.4, 0.5) is 0 Å². The Balaban J connectivity index is 0.909. The van der Waals surface area contributed by atoms with Crippen LogP contribution in [0.15, 0.2) is 77.6 Å². The minimum Gasteiger partial charge on any atom is -0.394 e. The van der Waals surface area contributed by atoms with E-state index in [9.17, 15) is 14.4 Å². The number of aliphatic hydroxyl groups excluding tert-OH is 1. The zero-order chi connectivity index (χ0) is 36.8. The number of hydrogen-bond donors (Lipinski definition) is 1. The average Bonchev–Trinajstić information content (AvgIpc) is 3.59. The normalized spacial score (nSPS) is 13.5. The van der Waals surface area contributed by atoms with Crippen molar-refractivity contribution in [2.24, 2.45) is 0 Å². The number of aromatic nitrogens is 2. The summed E-state index contributed by atoms with van der Waals surface area (Å²) in [6.07, 6.45) is 0. The van der Waals surface area contributed by atoms with Gasteiger partial charge in [0.15, 0.2) is 0 Å². The number of pyridine rings is 1. The second kappa shape index (κ2) is 14.5. The lowest BCUT2D eigenvalue weighted by atomic mass is 9.84. The highest BCUT2D eigenvalue weighted by molar-refractivity contribution is 6.41. The summed E-state index contributed by atoms with van der Waals surface area (Å²) in [5, 5.41) is 17.3. The molecule has 6 aromatic carbocycles. The summed E-state index contributed by atoms with van der Waals surface area (Å²) in [5.41, 5.74) is 3.02. The number of rotatable bonds is 17. The minimum absolute atomic E-state index is 0.00309. The number of para-hydroxylation sites is 2. The van der Waals surface area contributed by atoms with E-state index in [1.807, 2.05) is 66.7 Å². The molecule has 0 saturated heterocycles. The van der Waals surface area contributed by atoms with Crippen molar-refractivity contribution in [1.82, 2.24) is 14.3 Å². The van der Waals surface area contributed by atoms with Crippen LogP contribution >= 0.6 is 0 Å². The molecule has 2 amide bonds.